The summed E-state index contributed by atoms with van der Waals surface area (Å²) in [5, 5.41) is 11.3. The molecule has 0 saturated carbocycles. The molecule has 0 amide bonds. The van der Waals surface area contributed by atoms with E-state index in [1.165, 1.54) is 18.2 Å². The number of hydrogen-bond donors (Lipinski definition) is 1. The van der Waals surface area contributed by atoms with E-state index in [9.17, 15) is 13.9 Å². The van der Waals surface area contributed by atoms with Crippen molar-refractivity contribution in [2.75, 3.05) is 6.61 Å². The minimum absolute atomic E-state index is 0.114. The second kappa shape index (κ2) is 10.2. The summed E-state index contributed by atoms with van der Waals surface area (Å²) in [4.78, 5) is 0. The first kappa shape index (κ1) is 21.7. The highest BCUT2D eigenvalue weighted by Crippen LogP contribution is 2.32. The predicted molar refractivity (Wildman–Crippen MR) is 120 cm³/mol. The summed E-state index contributed by atoms with van der Waals surface area (Å²) >= 11 is 0. The molecule has 2 nitrogen and oxygen atoms in total. The van der Waals surface area contributed by atoms with Gasteiger partial charge >= 0.3 is 0 Å². The number of halogens is 2. The van der Waals surface area contributed by atoms with Crippen LogP contribution < -0.4 is 4.74 Å². The molecular weight excluding hydrogens is 382 g/mol. The van der Waals surface area contributed by atoms with Crippen molar-refractivity contribution in [3.63, 3.8) is 0 Å². The van der Waals surface area contributed by atoms with Crippen LogP contribution >= 0.6 is 0 Å². The van der Waals surface area contributed by atoms with Gasteiger partial charge in [0.1, 0.15) is 6.61 Å². The molecule has 0 spiro atoms. The Hall–Kier alpha value is -2.98. The maximum Gasteiger partial charge on any atom is 0.201 e. The number of allylic oxidation sites excluding steroid dienone is 1. The number of unbranched alkanes of at least 4 members (excludes halogenated alkanes) is 1. The lowest BCUT2D eigenvalue weighted by atomic mass is 9.99. The number of fused-ring (bicyclic) bond motifs is 1. The molecule has 0 aromatic heterocycles. The monoisotopic (exact) mass is 408 g/mol. The molecule has 4 heteroatoms. The number of rotatable bonds is 9. The van der Waals surface area contributed by atoms with Crippen molar-refractivity contribution in [1.82, 2.24) is 0 Å². The molecule has 1 atom stereocenters. The zero-order chi connectivity index (χ0) is 21.5. The van der Waals surface area contributed by atoms with E-state index in [1.54, 1.807) is 13.0 Å². The third-order valence-electron chi connectivity index (χ3n) is 4.88. The van der Waals surface area contributed by atoms with Gasteiger partial charge < -0.3 is 9.84 Å². The molecule has 0 saturated heterocycles. The van der Waals surface area contributed by atoms with Crippen LogP contribution in [0.3, 0.4) is 0 Å². The highest BCUT2D eigenvalue weighted by molar-refractivity contribution is 5.89. The van der Waals surface area contributed by atoms with Crippen molar-refractivity contribution in [3.8, 4) is 16.9 Å². The summed E-state index contributed by atoms with van der Waals surface area (Å²) in [7, 11) is 0. The van der Waals surface area contributed by atoms with Gasteiger partial charge in [-0.2, -0.15) is 4.39 Å². The highest BCUT2D eigenvalue weighted by atomic mass is 19.2. The van der Waals surface area contributed by atoms with Crippen LogP contribution in [0, 0.1) is 11.6 Å². The van der Waals surface area contributed by atoms with Gasteiger partial charge in [0, 0.05) is 5.56 Å². The van der Waals surface area contributed by atoms with Crippen molar-refractivity contribution >= 4 is 16.8 Å². The van der Waals surface area contributed by atoms with E-state index in [1.807, 2.05) is 24.3 Å². The van der Waals surface area contributed by atoms with Gasteiger partial charge in [-0.1, -0.05) is 49.1 Å². The van der Waals surface area contributed by atoms with Gasteiger partial charge in [-0.25, -0.2) is 4.39 Å². The fraction of sp³-hybridized carbons (Fsp3) is 0.231. The fourth-order valence-corrected chi connectivity index (χ4v) is 3.30. The van der Waals surface area contributed by atoms with Crippen LogP contribution in [0.15, 0.2) is 67.3 Å². The van der Waals surface area contributed by atoms with E-state index < -0.39 is 11.6 Å². The standard InChI is InChI=1S/C26H26F2O2/c1-3-15-30-24-14-13-23(25(27)26(24)28)22-12-11-20-16-19(9-10-21(20)17-22)8-6-4-5-7-18(2)29/h3,6,8-14,16-18,29H,1,4-5,7,15H2,2H3. The minimum atomic E-state index is -0.995. The second-order valence-corrected chi connectivity index (χ2v) is 7.34. The Morgan fingerprint density at radius 2 is 1.80 bits per heavy atom. The summed E-state index contributed by atoms with van der Waals surface area (Å²) in [5.41, 5.74) is 1.88. The van der Waals surface area contributed by atoms with Crippen LogP contribution in [0.4, 0.5) is 8.78 Å². The van der Waals surface area contributed by atoms with Crippen molar-refractivity contribution in [2.24, 2.45) is 0 Å². The smallest absolute Gasteiger partial charge is 0.201 e. The number of aliphatic hydroxyl groups is 1. The van der Waals surface area contributed by atoms with Crippen LogP contribution in [0.1, 0.15) is 31.7 Å². The van der Waals surface area contributed by atoms with Crippen molar-refractivity contribution in [2.45, 2.75) is 32.3 Å². The van der Waals surface area contributed by atoms with Gasteiger partial charge in [0.25, 0.3) is 0 Å². The Morgan fingerprint density at radius 3 is 2.57 bits per heavy atom. The molecule has 3 rings (SSSR count). The maximum atomic E-state index is 14.6. The van der Waals surface area contributed by atoms with Crippen LogP contribution in [-0.4, -0.2) is 17.8 Å². The summed E-state index contributed by atoms with van der Waals surface area (Å²) in [6.45, 7) is 5.42. The third kappa shape index (κ3) is 5.33. The molecule has 3 aromatic carbocycles. The number of aliphatic hydroxyl groups excluding tert-OH is 1. The normalized spacial score (nSPS) is 12.4. The van der Waals surface area contributed by atoms with E-state index in [4.69, 9.17) is 4.74 Å². The summed E-state index contributed by atoms with van der Waals surface area (Å²) < 4.78 is 34.0. The summed E-state index contributed by atoms with van der Waals surface area (Å²) in [6, 6.07) is 14.6. The Kier molecular flexibility index (Phi) is 7.36. The van der Waals surface area contributed by atoms with Crippen molar-refractivity contribution in [3.05, 3.63) is 84.5 Å². The van der Waals surface area contributed by atoms with E-state index in [2.05, 4.69) is 24.8 Å². The lowest BCUT2D eigenvalue weighted by molar-refractivity contribution is 0.182. The number of ether oxygens (including phenoxy) is 1. The zero-order valence-electron chi connectivity index (χ0n) is 17.1. The van der Waals surface area contributed by atoms with Crippen LogP contribution in [0.5, 0.6) is 5.75 Å². The molecule has 0 aliphatic rings. The molecule has 0 fully saturated rings. The second-order valence-electron chi connectivity index (χ2n) is 7.34. The Bertz CT molecular complexity index is 1050. The van der Waals surface area contributed by atoms with E-state index >= 15 is 0 Å². The van der Waals surface area contributed by atoms with E-state index in [0.717, 1.165) is 35.6 Å². The van der Waals surface area contributed by atoms with Crippen molar-refractivity contribution in [1.29, 1.82) is 0 Å². The fourth-order valence-electron chi connectivity index (χ4n) is 3.30. The zero-order valence-corrected chi connectivity index (χ0v) is 17.1. The topological polar surface area (TPSA) is 29.5 Å². The van der Waals surface area contributed by atoms with Crippen LogP contribution in [-0.2, 0) is 0 Å². The van der Waals surface area contributed by atoms with Gasteiger partial charge in [-0.3, -0.25) is 0 Å². The largest absolute Gasteiger partial charge is 0.486 e. The molecule has 0 aliphatic heterocycles. The Morgan fingerprint density at radius 1 is 1.03 bits per heavy atom. The number of benzene rings is 3. The molecule has 0 aliphatic carbocycles. The van der Waals surface area contributed by atoms with Crippen LogP contribution in [0.2, 0.25) is 0 Å². The molecule has 30 heavy (non-hydrogen) atoms. The minimum Gasteiger partial charge on any atom is -0.486 e. The summed E-state index contributed by atoms with van der Waals surface area (Å²) in [6.07, 6.45) is 8.04. The first-order valence-electron chi connectivity index (χ1n) is 10.1. The van der Waals surface area contributed by atoms with Crippen LogP contribution in [0.25, 0.3) is 28.0 Å². The first-order valence-corrected chi connectivity index (χ1v) is 10.1. The van der Waals surface area contributed by atoms with Gasteiger partial charge in [-0.05, 0) is 72.4 Å². The molecule has 156 valence electrons. The molecule has 0 heterocycles. The molecule has 3 aromatic rings. The highest BCUT2D eigenvalue weighted by Gasteiger charge is 2.16. The maximum absolute atomic E-state index is 14.6. The van der Waals surface area contributed by atoms with Gasteiger partial charge in [-0.15, -0.1) is 0 Å². The first-order chi connectivity index (χ1) is 14.5. The molecular formula is C26H26F2O2. The molecule has 0 bridgehead atoms. The Balaban J connectivity index is 1.80. The SMILES string of the molecule is C=CCOc1ccc(-c2ccc3cc(C=CCCCC(C)O)ccc3c2)c(F)c1F. The van der Waals surface area contributed by atoms with E-state index in [-0.39, 0.29) is 24.0 Å². The molecule has 1 unspecified atom stereocenters. The van der Waals surface area contributed by atoms with Gasteiger partial charge in [0.2, 0.25) is 5.82 Å². The third-order valence-corrected chi connectivity index (χ3v) is 4.88. The molecule has 1 N–H and O–H groups in total. The predicted octanol–water partition coefficient (Wildman–Crippen LogP) is 6.91. The van der Waals surface area contributed by atoms with E-state index in [0.29, 0.717) is 5.56 Å². The van der Waals surface area contributed by atoms with Crippen molar-refractivity contribution < 1.29 is 18.6 Å². The molecule has 0 radical (unpaired) electrons. The van der Waals surface area contributed by atoms with Gasteiger partial charge in [0.05, 0.1) is 6.10 Å². The van der Waals surface area contributed by atoms with Gasteiger partial charge in [0.15, 0.2) is 11.6 Å². The summed E-state index contributed by atoms with van der Waals surface area (Å²) in [5.74, 6) is -2.04. The Labute approximate surface area is 176 Å². The average Bonchev–Trinajstić information content (AvgIpc) is 2.74. The average molecular weight is 408 g/mol. The number of hydrogen-bond acceptors (Lipinski definition) is 2. The lowest BCUT2D eigenvalue weighted by Gasteiger charge is -2.10. The lowest BCUT2D eigenvalue weighted by Crippen LogP contribution is -1.99. The quantitative estimate of drug-likeness (QED) is 0.308.